The summed E-state index contributed by atoms with van der Waals surface area (Å²) in [5.41, 5.74) is 7.43. The third kappa shape index (κ3) is 5.27. The number of hydrazone groups is 1. The van der Waals surface area contributed by atoms with Gasteiger partial charge in [-0.1, -0.05) is 72.3 Å². The third-order valence-corrected chi connectivity index (χ3v) is 7.10. The summed E-state index contributed by atoms with van der Waals surface area (Å²) in [5.74, 6) is -0.141. The molecule has 1 amide bonds. The SMILES string of the molecule is Cc1cc(OC(=O)c2oc3c(c2C)/C(=N/NC(=O)C(c2ccccc2)c2ccccc2)CCC3)ccc1Cl. The van der Waals surface area contributed by atoms with E-state index in [-0.39, 0.29) is 11.7 Å². The van der Waals surface area contributed by atoms with Crippen molar-refractivity contribution in [3.05, 3.63) is 123 Å². The molecule has 1 N–H and O–H groups in total. The molecule has 0 bridgehead atoms. The van der Waals surface area contributed by atoms with Gasteiger partial charge in [0.2, 0.25) is 5.76 Å². The maximum atomic E-state index is 13.4. The molecule has 0 aliphatic heterocycles. The predicted octanol–water partition coefficient (Wildman–Crippen LogP) is 6.76. The second-order valence-corrected chi connectivity index (χ2v) is 9.70. The number of ether oxygens (including phenoxy) is 1. The molecule has 4 aromatic rings. The Labute approximate surface area is 226 Å². The van der Waals surface area contributed by atoms with Crippen LogP contribution in [0.1, 0.15) is 62.9 Å². The van der Waals surface area contributed by atoms with E-state index in [4.69, 9.17) is 20.8 Å². The minimum atomic E-state index is -0.588. The van der Waals surface area contributed by atoms with Gasteiger partial charge in [0.25, 0.3) is 5.91 Å². The molecule has 0 atom stereocenters. The van der Waals surface area contributed by atoms with Crippen LogP contribution >= 0.6 is 11.6 Å². The van der Waals surface area contributed by atoms with Crippen molar-refractivity contribution in [1.82, 2.24) is 5.43 Å². The number of nitrogens with one attached hydrogen (secondary N) is 1. The number of hydrogen-bond acceptors (Lipinski definition) is 5. The first kappa shape index (κ1) is 25.5. The minimum absolute atomic E-state index is 0.134. The fourth-order valence-electron chi connectivity index (χ4n) is 4.78. The number of aryl methyl sites for hydroxylation is 2. The molecule has 38 heavy (non-hydrogen) atoms. The van der Waals surface area contributed by atoms with Crippen molar-refractivity contribution in [2.45, 2.75) is 39.0 Å². The number of fused-ring (bicyclic) bond motifs is 1. The van der Waals surface area contributed by atoms with Gasteiger partial charge in [0.05, 0.1) is 11.6 Å². The second kappa shape index (κ2) is 11.1. The zero-order valence-corrected chi connectivity index (χ0v) is 21.9. The van der Waals surface area contributed by atoms with Gasteiger partial charge in [0.1, 0.15) is 11.5 Å². The Balaban J connectivity index is 1.40. The van der Waals surface area contributed by atoms with Gasteiger partial charge in [-0.15, -0.1) is 0 Å². The molecule has 192 valence electrons. The summed E-state index contributed by atoms with van der Waals surface area (Å²) in [6, 6.07) is 24.3. The third-order valence-electron chi connectivity index (χ3n) is 6.68. The van der Waals surface area contributed by atoms with Crippen LogP contribution in [0.4, 0.5) is 0 Å². The van der Waals surface area contributed by atoms with Crippen LogP contribution in [0.25, 0.3) is 0 Å². The Morgan fingerprint density at radius 1 is 0.947 bits per heavy atom. The van der Waals surface area contributed by atoms with Gasteiger partial charge in [-0.2, -0.15) is 5.10 Å². The van der Waals surface area contributed by atoms with Gasteiger partial charge in [-0.25, -0.2) is 10.2 Å². The fourth-order valence-corrected chi connectivity index (χ4v) is 4.90. The Morgan fingerprint density at radius 2 is 1.61 bits per heavy atom. The first-order valence-corrected chi connectivity index (χ1v) is 12.9. The van der Waals surface area contributed by atoms with Crippen LogP contribution in [0.2, 0.25) is 5.02 Å². The summed E-state index contributed by atoms with van der Waals surface area (Å²) in [5, 5.41) is 5.12. The van der Waals surface area contributed by atoms with Gasteiger partial charge in [-0.3, -0.25) is 4.79 Å². The van der Waals surface area contributed by atoms with Crippen molar-refractivity contribution in [2.24, 2.45) is 5.10 Å². The molecule has 6 nitrogen and oxygen atoms in total. The van der Waals surface area contributed by atoms with Crippen molar-refractivity contribution in [1.29, 1.82) is 0 Å². The van der Waals surface area contributed by atoms with Crippen LogP contribution in [-0.2, 0) is 11.2 Å². The lowest BCUT2D eigenvalue weighted by Crippen LogP contribution is -2.28. The molecule has 1 aliphatic carbocycles. The molecule has 5 rings (SSSR count). The molecule has 0 fully saturated rings. The number of amides is 1. The zero-order chi connectivity index (χ0) is 26.6. The first-order chi connectivity index (χ1) is 18.4. The van der Waals surface area contributed by atoms with E-state index in [0.717, 1.165) is 28.7 Å². The van der Waals surface area contributed by atoms with Crippen molar-refractivity contribution in [2.75, 3.05) is 0 Å². The molecule has 1 aliphatic rings. The van der Waals surface area contributed by atoms with E-state index < -0.39 is 11.9 Å². The minimum Gasteiger partial charge on any atom is -0.453 e. The Morgan fingerprint density at radius 3 is 2.24 bits per heavy atom. The maximum Gasteiger partial charge on any atom is 0.379 e. The van der Waals surface area contributed by atoms with Crippen LogP contribution in [0.15, 0.2) is 88.4 Å². The molecule has 0 saturated heterocycles. The molecule has 0 saturated carbocycles. The average Bonchev–Trinajstić information content (AvgIpc) is 3.28. The Bertz CT molecular complexity index is 1470. The first-order valence-electron chi connectivity index (χ1n) is 12.5. The monoisotopic (exact) mass is 526 g/mol. The number of furan rings is 1. The van der Waals surface area contributed by atoms with E-state index in [9.17, 15) is 9.59 Å². The number of hydrogen-bond donors (Lipinski definition) is 1. The molecule has 3 aromatic carbocycles. The fraction of sp³-hybridized carbons (Fsp3) is 0.194. The number of benzene rings is 3. The lowest BCUT2D eigenvalue weighted by atomic mass is 9.91. The summed E-state index contributed by atoms with van der Waals surface area (Å²) >= 11 is 6.08. The lowest BCUT2D eigenvalue weighted by Gasteiger charge is -2.18. The molecule has 0 unspecified atom stereocenters. The van der Waals surface area contributed by atoms with Crippen molar-refractivity contribution >= 4 is 29.2 Å². The smallest absolute Gasteiger partial charge is 0.379 e. The predicted molar refractivity (Wildman–Crippen MR) is 147 cm³/mol. The van der Waals surface area contributed by atoms with Gasteiger partial charge < -0.3 is 9.15 Å². The average molecular weight is 527 g/mol. The standard InChI is InChI=1S/C31H27ClN2O4/c1-19-18-23(16-17-24(19)32)37-31(36)29-20(2)27-25(14-9-15-26(27)38-29)33-34-30(35)28(21-10-5-3-6-11-21)22-12-7-4-8-13-22/h3-8,10-13,16-18,28H,9,14-15H2,1-2H3,(H,34,35)/b33-25+. The van der Waals surface area contributed by atoms with Gasteiger partial charge in [0.15, 0.2) is 0 Å². The molecular weight excluding hydrogens is 500 g/mol. The number of esters is 1. The van der Waals surface area contributed by atoms with E-state index in [1.165, 1.54) is 0 Å². The van der Waals surface area contributed by atoms with E-state index in [1.54, 1.807) is 18.2 Å². The topological polar surface area (TPSA) is 80.9 Å². The summed E-state index contributed by atoms with van der Waals surface area (Å²) < 4.78 is 11.5. The van der Waals surface area contributed by atoms with Crippen molar-refractivity contribution in [3.8, 4) is 5.75 Å². The van der Waals surface area contributed by atoms with Gasteiger partial charge >= 0.3 is 5.97 Å². The molecular formula is C31H27ClN2O4. The number of rotatable bonds is 6. The molecule has 1 heterocycles. The van der Waals surface area contributed by atoms with Gasteiger partial charge in [0, 0.05) is 22.6 Å². The number of carbonyl (C=O) groups excluding carboxylic acids is 2. The molecule has 0 spiro atoms. The molecule has 7 heteroatoms. The highest BCUT2D eigenvalue weighted by Crippen LogP contribution is 2.31. The Kier molecular flexibility index (Phi) is 7.43. The lowest BCUT2D eigenvalue weighted by molar-refractivity contribution is -0.121. The highest BCUT2D eigenvalue weighted by atomic mass is 35.5. The second-order valence-electron chi connectivity index (χ2n) is 9.30. The normalized spacial score (nSPS) is 13.8. The number of nitrogens with zero attached hydrogens (tertiary/aromatic N) is 1. The van der Waals surface area contributed by atoms with Crippen LogP contribution in [0, 0.1) is 13.8 Å². The highest BCUT2D eigenvalue weighted by Gasteiger charge is 2.30. The number of halogens is 1. The summed E-state index contributed by atoms with van der Waals surface area (Å²) in [7, 11) is 0. The van der Waals surface area contributed by atoms with E-state index in [0.29, 0.717) is 40.6 Å². The van der Waals surface area contributed by atoms with Crippen LogP contribution in [0.5, 0.6) is 5.75 Å². The van der Waals surface area contributed by atoms with Crippen molar-refractivity contribution in [3.63, 3.8) is 0 Å². The van der Waals surface area contributed by atoms with Crippen LogP contribution in [-0.4, -0.2) is 17.6 Å². The highest BCUT2D eigenvalue weighted by molar-refractivity contribution is 6.31. The molecule has 0 radical (unpaired) electrons. The van der Waals surface area contributed by atoms with Gasteiger partial charge in [-0.05, 0) is 61.6 Å². The summed E-state index contributed by atoms with van der Waals surface area (Å²) in [6.07, 6.45) is 2.12. The summed E-state index contributed by atoms with van der Waals surface area (Å²) in [4.78, 5) is 26.4. The largest absolute Gasteiger partial charge is 0.453 e. The van der Waals surface area contributed by atoms with Crippen LogP contribution in [0.3, 0.4) is 0 Å². The van der Waals surface area contributed by atoms with Crippen molar-refractivity contribution < 1.29 is 18.7 Å². The van der Waals surface area contributed by atoms with Crippen LogP contribution < -0.4 is 10.2 Å². The molecule has 1 aromatic heterocycles. The quantitative estimate of drug-likeness (QED) is 0.171. The maximum absolute atomic E-state index is 13.4. The summed E-state index contributed by atoms with van der Waals surface area (Å²) in [6.45, 7) is 3.65. The number of carbonyl (C=O) groups is 2. The zero-order valence-electron chi connectivity index (χ0n) is 21.2. The van der Waals surface area contributed by atoms with E-state index in [2.05, 4.69) is 10.5 Å². The van der Waals surface area contributed by atoms with E-state index in [1.807, 2.05) is 74.5 Å². The van der Waals surface area contributed by atoms with E-state index >= 15 is 0 Å². The Hall–Kier alpha value is -4.16.